The van der Waals surface area contributed by atoms with Gasteiger partial charge in [0, 0.05) is 11.8 Å². The first kappa shape index (κ1) is 19.2. The first-order chi connectivity index (χ1) is 14.5. The van der Waals surface area contributed by atoms with Crippen LogP contribution in [-0.4, -0.2) is 34.0 Å². The van der Waals surface area contributed by atoms with Crippen molar-refractivity contribution in [2.45, 2.75) is 6.04 Å². The summed E-state index contributed by atoms with van der Waals surface area (Å²) in [7, 11) is 1.40. The Morgan fingerprint density at radius 1 is 1.03 bits per heavy atom. The second-order valence-electron chi connectivity index (χ2n) is 6.65. The zero-order valence-corrected chi connectivity index (χ0v) is 16.0. The van der Waals surface area contributed by atoms with E-state index in [1.807, 2.05) is 0 Å². The number of rotatable bonds is 4. The van der Waals surface area contributed by atoms with Crippen LogP contribution in [0, 0.1) is 0 Å². The average molecular weight is 402 g/mol. The molecule has 0 aliphatic carbocycles. The molecular formula is C23H18N2O5. The number of carbonyl (C=O) groups excluding carboxylic acids is 2. The molecule has 150 valence electrons. The molecular weight excluding hydrogens is 384 g/mol. The van der Waals surface area contributed by atoms with Crippen LogP contribution in [0.1, 0.15) is 17.2 Å². The maximum absolute atomic E-state index is 13.0. The van der Waals surface area contributed by atoms with E-state index in [9.17, 15) is 19.8 Å². The fourth-order valence-electron chi connectivity index (χ4n) is 3.50. The highest BCUT2D eigenvalue weighted by Crippen LogP contribution is 2.43. The number of phenolic OH excluding ortho intramolecular Hbond substituents is 1. The number of aliphatic hydroxyl groups is 1. The smallest absolute Gasteiger partial charge is 0.301 e. The van der Waals surface area contributed by atoms with E-state index in [1.165, 1.54) is 30.3 Å². The molecule has 1 amide bonds. The van der Waals surface area contributed by atoms with Crippen molar-refractivity contribution in [3.05, 3.63) is 89.6 Å². The Hall–Kier alpha value is -4.13. The lowest BCUT2D eigenvalue weighted by Gasteiger charge is -2.24. The van der Waals surface area contributed by atoms with E-state index < -0.39 is 17.7 Å². The molecule has 0 bridgehead atoms. The number of nitrogens with zero attached hydrogens (tertiary/aromatic N) is 2. The summed E-state index contributed by atoms with van der Waals surface area (Å²) in [5.41, 5.74) is 0.823. The number of Topliss-reactive ketones (excluding diaryl/α,β-unsaturated/α-hetero) is 1. The summed E-state index contributed by atoms with van der Waals surface area (Å²) < 4.78 is 5.19. The molecule has 1 atom stereocenters. The fourth-order valence-corrected chi connectivity index (χ4v) is 3.50. The number of ether oxygens (including phenoxy) is 1. The monoisotopic (exact) mass is 402 g/mol. The third kappa shape index (κ3) is 3.16. The van der Waals surface area contributed by atoms with Gasteiger partial charge in [0.2, 0.25) is 0 Å². The van der Waals surface area contributed by atoms with E-state index in [2.05, 4.69) is 4.98 Å². The minimum Gasteiger partial charge on any atom is -0.507 e. The number of hydrogen-bond donors (Lipinski definition) is 2. The number of aromatic hydroxyl groups is 1. The SMILES string of the molecule is COc1cc([C@H]2C(=C(O)c3ccccc3)C(=O)C(=O)N2c2ccccn2)ccc1O. The first-order valence-electron chi connectivity index (χ1n) is 9.17. The van der Waals surface area contributed by atoms with E-state index >= 15 is 0 Å². The van der Waals surface area contributed by atoms with Crippen molar-refractivity contribution in [1.82, 2.24) is 4.98 Å². The molecule has 0 unspecified atom stereocenters. The molecule has 1 fully saturated rings. The molecule has 2 heterocycles. The highest BCUT2D eigenvalue weighted by molar-refractivity contribution is 6.51. The Labute approximate surface area is 172 Å². The van der Waals surface area contributed by atoms with Gasteiger partial charge in [0.1, 0.15) is 11.6 Å². The summed E-state index contributed by atoms with van der Waals surface area (Å²) in [4.78, 5) is 31.4. The number of pyridine rings is 1. The minimum atomic E-state index is -0.949. The quantitative estimate of drug-likeness (QED) is 0.394. The van der Waals surface area contributed by atoms with Gasteiger partial charge in [0.15, 0.2) is 11.5 Å². The van der Waals surface area contributed by atoms with Crippen molar-refractivity contribution in [2.75, 3.05) is 12.0 Å². The second kappa shape index (κ2) is 7.71. The summed E-state index contributed by atoms with van der Waals surface area (Å²) in [6.07, 6.45) is 1.51. The van der Waals surface area contributed by atoms with Crippen molar-refractivity contribution in [1.29, 1.82) is 0 Å². The fraction of sp³-hybridized carbons (Fsp3) is 0.0870. The zero-order chi connectivity index (χ0) is 21.3. The van der Waals surface area contributed by atoms with Gasteiger partial charge in [-0.25, -0.2) is 4.98 Å². The van der Waals surface area contributed by atoms with Crippen LogP contribution < -0.4 is 9.64 Å². The topological polar surface area (TPSA) is 100.0 Å². The Morgan fingerprint density at radius 2 is 1.77 bits per heavy atom. The van der Waals surface area contributed by atoms with Crippen molar-refractivity contribution in [3.63, 3.8) is 0 Å². The Morgan fingerprint density at radius 3 is 2.43 bits per heavy atom. The lowest BCUT2D eigenvalue weighted by molar-refractivity contribution is -0.132. The van der Waals surface area contributed by atoms with Gasteiger partial charge in [0.05, 0.1) is 18.7 Å². The Kier molecular flexibility index (Phi) is 4.93. The normalized spacial score (nSPS) is 17.9. The second-order valence-corrected chi connectivity index (χ2v) is 6.65. The van der Waals surface area contributed by atoms with Crippen LogP contribution >= 0.6 is 0 Å². The standard InChI is InChI=1S/C23H18N2O5/c1-30-17-13-15(10-11-16(17)26)20-19(21(27)14-7-3-2-4-8-14)22(28)23(29)25(20)18-9-5-6-12-24-18/h2-13,20,26-27H,1H3/t20-/m0/s1. The molecule has 1 aliphatic rings. The van der Waals surface area contributed by atoms with Gasteiger partial charge in [-0.1, -0.05) is 42.5 Å². The molecule has 30 heavy (non-hydrogen) atoms. The lowest BCUT2D eigenvalue weighted by atomic mass is 9.95. The number of methoxy groups -OCH3 is 1. The van der Waals surface area contributed by atoms with Crippen molar-refractivity contribution >= 4 is 23.3 Å². The molecule has 4 rings (SSSR count). The molecule has 1 aromatic heterocycles. The summed E-state index contributed by atoms with van der Waals surface area (Å²) >= 11 is 0. The maximum Gasteiger partial charge on any atom is 0.301 e. The van der Waals surface area contributed by atoms with Crippen LogP contribution in [-0.2, 0) is 9.59 Å². The predicted molar refractivity (Wildman–Crippen MR) is 110 cm³/mol. The lowest BCUT2D eigenvalue weighted by Crippen LogP contribution is -2.30. The molecule has 7 heteroatoms. The third-order valence-electron chi connectivity index (χ3n) is 4.91. The molecule has 0 saturated carbocycles. The van der Waals surface area contributed by atoms with Crippen molar-refractivity contribution < 1.29 is 24.5 Å². The Bertz CT molecular complexity index is 1140. The van der Waals surface area contributed by atoms with Gasteiger partial charge < -0.3 is 14.9 Å². The van der Waals surface area contributed by atoms with E-state index in [1.54, 1.807) is 54.6 Å². The summed E-state index contributed by atoms with van der Waals surface area (Å²) in [5, 5.41) is 20.9. The van der Waals surface area contributed by atoms with Crippen LogP contribution in [0.4, 0.5) is 5.82 Å². The largest absolute Gasteiger partial charge is 0.507 e. The highest BCUT2D eigenvalue weighted by atomic mass is 16.5. The number of ketones is 1. The average Bonchev–Trinajstić information content (AvgIpc) is 3.05. The van der Waals surface area contributed by atoms with Gasteiger partial charge >= 0.3 is 5.91 Å². The number of aliphatic hydroxyl groups excluding tert-OH is 1. The number of carbonyl (C=O) groups is 2. The molecule has 2 aromatic carbocycles. The highest BCUT2D eigenvalue weighted by Gasteiger charge is 2.47. The number of amides is 1. The van der Waals surface area contributed by atoms with E-state index in [0.29, 0.717) is 11.1 Å². The van der Waals surface area contributed by atoms with Gasteiger partial charge in [-0.05, 0) is 29.8 Å². The van der Waals surface area contributed by atoms with Crippen LogP contribution in [0.15, 0.2) is 78.5 Å². The first-order valence-corrected chi connectivity index (χ1v) is 9.17. The number of phenols is 1. The Balaban J connectivity index is 1.97. The molecule has 1 aliphatic heterocycles. The number of anilines is 1. The zero-order valence-electron chi connectivity index (χ0n) is 16.0. The van der Waals surface area contributed by atoms with E-state index in [0.717, 1.165) is 0 Å². The number of benzene rings is 2. The molecule has 0 spiro atoms. The third-order valence-corrected chi connectivity index (χ3v) is 4.91. The molecule has 3 aromatic rings. The van der Waals surface area contributed by atoms with Gasteiger partial charge in [0.25, 0.3) is 5.78 Å². The summed E-state index contributed by atoms with van der Waals surface area (Å²) in [6.45, 7) is 0. The minimum absolute atomic E-state index is 0.0652. The van der Waals surface area contributed by atoms with Crippen LogP contribution in [0.3, 0.4) is 0 Å². The number of hydrogen-bond acceptors (Lipinski definition) is 6. The summed E-state index contributed by atoms with van der Waals surface area (Å²) in [6, 6.07) is 17.1. The molecule has 1 saturated heterocycles. The van der Waals surface area contributed by atoms with Crippen molar-refractivity contribution in [2.24, 2.45) is 0 Å². The molecule has 2 N–H and O–H groups in total. The van der Waals surface area contributed by atoms with Crippen LogP contribution in [0.2, 0.25) is 0 Å². The van der Waals surface area contributed by atoms with E-state index in [4.69, 9.17) is 4.74 Å². The maximum atomic E-state index is 13.0. The molecule has 0 radical (unpaired) electrons. The summed E-state index contributed by atoms with van der Waals surface area (Å²) in [5.74, 6) is -1.55. The van der Waals surface area contributed by atoms with Gasteiger partial charge in [-0.3, -0.25) is 14.5 Å². The number of aromatic nitrogens is 1. The van der Waals surface area contributed by atoms with Crippen LogP contribution in [0.5, 0.6) is 11.5 Å². The molecule has 7 nitrogen and oxygen atoms in total. The van der Waals surface area contributed by atoms with Crippen LogP contribution in [0.25, 0.3) is 5.76 Å². The van der Waals surface area contributed by atoms with Gasteiger partial charge in [-0.2, -0.15) is 0 Å². The van der Waals surface area contributed by atoms with Gasteiger partial charge in [-0.15, -0.1) is 0 Å². The predicted octanol–water partition coefficient (Wildman–Crippen LogP) is 3.42. The van der Waals surface area contributed by atoms with E-state index in [-0.39, 0.29) is 28.6 Å². The van der Waals surface area contributed by atoms with Crippen molar-refractivity contribution in [3.8, 4) is 11.5 Å².